The minimum atomic E-state index is 0.281. The molecule has 0 radical (unpaired) electrons. The molecule has 16 heavy (non-hydrogen) atoms. The fourth-order valence-electron chi connectivity index (χ4n) is 2.58. The predicted octanol–water partition coefficient (Wildman–Crippen LogP) is 2.31. The van der Waals surface area contributed by atoms with Gasteiger partial charge in [-0.2, -0.15) is 0 Å². The smallest absolute Gasteiger partial charge is 0.0332 e. The Bertz CT molecular complexity index is 350. The fraction of sp³-hybridized carbons (Fsp3) is 0.571. The van der Waals surface area contributed by atoms with Crippen molar-refractivity contribution in [3.63, 3.8) is 0 Å². The van der Waals surface area contributed by atoms with Crippen LogP contribution in [0.3, 0.4) is 0 Å². The maximum absolute atomic E-state index is 5.91. The Hall–Kier alpha value is -0.860. The highest BCUT2D eigenvalue weighted by atomic mass is 15.2. The molecule has 1 aliphatic carbocycles. The summed E-state index contributed by atoms with van der Waals surface area (Å²) in [5.41, 5.74) is 8.92. The van der Waals surface area contributed by atoms with Crippen LogP contribution in [0.2, 0.25) is 0 Å². The third-order valence-electron chi connectivity index (χ3n) is 3.98. The highest BCUT2D eigenvalue weighted by molar-refractivity contribution is 5.22. The van der Waals surface area contributed by atoms with Gasteiger partial charge in [-0.15, -0.1) is 0 Å². The third kappa shape index (κ3) is 2.13. The molecule has 2 heteroatoms. The minimum Gasteiger partial charge on any atom is -0.329 e. The molecule has 0 bridgehead atoms. The van der Waals surface area contributed by atoms with Crippen LogP contribution >= 0.6 is 0 Å². The van der Waals surface area contributed by atoms with E-state index in [0.29, 0.717) is 0 Å². The Balaban J connectivity index is 2.04. The van der Waals surface area contributed by atoms with Crippen molar-refractivity contribution in [1.29, 1.82) is 0 Å². The number of aryl methyl sites for hydroxylation is 1. The van der Waals surface area contributed by atoms with Crippen LogP contribution in [0.5, 0.6) is 0 Å². The van der Waals surface area contributed by atoms with Gasteiger partial charge < -0.3 is 5.73 Å². The minimum absolute atomic E-state index is 0.281. The lowest BCUT2D eigenvalue weighted by Crippen LogP contribution is -2.56. The summed E-state index contributed by atoms with van der Waals surface area (Å²) in [5, 5.41) is 0. The van der Waals surface area contributed by atoms with E-state index in [1.54, 1.807) is 0 Å². The zero-order valence-corrected chi connectivity index (χ0v) is 10.4. The second kappa shape index (κ2) is 4.56. The van der Waals surface area contributed by atoms with E-state index in [9.17, 15) is 0 Å². The van der Waals surface area contributed by atoms with Gasteiger partial charge in [0.15, 0.2) is 0 Å². The Labute approximate surface area is 98.4 Å². The number of hydrogen-bond acceptors (Lipinski definition) is 2. The largest absolute Gasteiger partial charge is 0.329 e. The molecule has 2 N–H and O–H groups in total. The van der Waals surface area contributed by atoms with Crippen molar-refractivity contribution in [1.82, 2.24) is 4.90 Å². The van der Waals surface area contributed by atoms with Gasteiger partial charge in [-0.25, -0.2) is 0 Å². The summed E-state index contributed by atoms with van der Waals surface area (Å²) >= 11 is 0. The molecule has 0 heterocycles. The fourth-order valence-corrected chi connectivity index (χ4v) is 2.58. The molecule has 1 aromatic carbocycles. The number of nitrogens with zero attached hydrogens (tertiary/aromatic N) is 1. The quantitative estimate of drug-likeness (QED) is 0.840. The van der Waals surface area contributed by atoms with Crippen molar-refractivity contribution in [2.24, 2.45) is 5.73 Å². The van der Waals surface area contributed by atoms with Crippen molar-refractivity contribution in [2.45, 2.75) is 38.3 Å². The topological polar surface area (TPSA) is 29.3 Å². The van der Waals surface area contributed by atoms with E-state index in [1.807, 2.05) is 0 Å². The van der Waals surface area contributed by atoms with Crippen LogP contribution in [0.1, 0.15) is 30.4 Å². The molecule has 1 aliphatic rings. The molecule has 1 saturated carbocycles. The van der Waals surface area contributed by atoms with E-state index in [0.717, 1.165) is 13.1 Å². The Kier molecular flexibility index (Phi) is 3.31. The molecule has 88 valence electrons. The van der Waals surface area contributed by atoms with Crippen molar-refractivity contribution < 1.29 is 0 Å². The van der Waals surface area contributed by atoms with Gasteiger partial charge in [0.25, 0.3) is 0 Å². The maximum atomic E-state index is 5.91. The molecule has 0 amide bonds. The van der Waals surface area contributed by atoms with Crippen molar-refractivity contribution in [3.8, 4) is 0 Å². The Morgan fingerprint density at radius 1 is 1.38 bits per heavy atom. The summed E-state index contributed by atoms with van der Waals surface area (Å²) < 4.78 is 0. The second-order valence-corrected chi connectivity index (χ2v) is 5.13. The van der Waals surface area contributed by atoms with Gasteiger partial charge in [-0.3, -0.25) is 4.90 Å². The van der Waals surface area contributed by atoms with Gasteiger partial charge in [0, 0.05) is 18.6 Å². The van der Waals surface area contributed by atoms with Gasteiger partial charge in [0.05, 0.1) is 0 Å². The van der Waals surface area contributed by atoms with Crippen LogP contribution in [0, 0.1) is 6.92 Å². The lowest BCUT2D eigenvalue weighted by atomic mass is 9.75. The molecular formula is C14H22N2. The summed E-state index contributed by atoms with van der Waals surface area (Å²) in [6, 6.07) is 8.74. The Morgan fingerprint density at radius 3 is 2.62 bits per heavy atom. The van der Waals surface area contributed by atoms with Gasteiger partial charge >= 0.3 is 0 Å². The first-order valence-corrected chi connectivity index (χ1v) is 6.13. The van der Waals surface area contributed by atoms with Crippen LogP contribution in [0.25, 0.3) is 0 Å². The monoisotopic (exact) mass is 218 g/mol. The van der Waals surface area contributed by atoms with E-state index in [-0.39, 0.29) is 5.54 Å². The van der Waals surface area contributed by atoms with E-state index >= 15 is 0 Å². The third-order valence-corrected chi connectivity index (χ3v) is 3.98. The highest BCUT2D eigenvalue weighted by Crippen LogP contribution is 2.36. The molecule has 2 nitrogen and oxygen atoms in total. The molecular weight excluding hydrogens is 196 g/mol. The lowest BCUT2D eigenvalue weighted by Gasteiger charge is -2.48. The first kappa shape index (κ1) is 11.6. The first-order valence-electron chi connectivity index (χ1n) is 6.13. The van der Waals surface area contributed by atoms with Gasteiger partial charge in [-0.05, 0) is 38.8 Å². The van der Waals surface area contributed by atoms with Gasteiger partial charge in [0.1, 0.15) is 0 Å². The number of benzene rings is 1. The second-order valence-electron chi connectivity index (χ2n) is 5.13. The summed E-state index contributed by atoms with van der Waals surface area (Å²) in [7, 11) is 2.20. The molecule has 0 atom stereocenters. The van der Waals surface area contributed by atoms with Crippen LogP contribution in [-0.2, 0) is 6.54 Å². The van der Waals surface area contributed by atoms with Crippen LogP contribution in [0.15, 0.2) is 24.3 Å². The number of rotatable bonds is 4. The lowest BCUT2D eigenvalue weighted by molar-refractivity contribution is 0.0398. The molecule has 0 spiro atoms. The normalized spacial score (nSPS) is 18.5. The molecule has 0 unspecified atom stereocenters. The van der Waals surface area contributed by atoms with Crippen molar-refractivity contribution >= 4 is 0 Å². The van der Waals surface area contributed by atoms with Crippen LogP contribution in [0.4, 0.5) is 0 Å². The summed E-state index contributed by atoms with van der Waals surface area (Å²) in [4.78, 5) is 2.44. The predicted molar refractivity (Wildman–Crippen MR) is 68.3 cm³/mol. The zero-order valence-electron chi connectivity index (χ0n) is 10.4. The van der Waals surface area contributed by atoms with E-state index in [2.05, 4.69) is 43.1 Å². The van der Waals surface area contributed by atoms with Crippen LogP contribution in [-0.4, -0.2) is 24.0 Å². The van der Waals surface area contributed by atoms with Crippen LogP contribution < -0.4 is 5.73 Å². The molecule has 0 aliphatic heterocycles. The average Bonchev–Trinajstić information content (AvgIpc) is 2.16. The van der Waals surface area contributed by atoms with Crippen molar-refractivity contribution in [2.75, 3.05) is 13.6 Å². The standard InChI is InChI=1S/C14H22N2/c1-12-5-3-6-13(9-12)10-16(2)14(11-15)7-4-8-14/h3,5-6,9H,4,7-8,10-11,15H2,1-2H3. The zero-order chi connectivity index (χ0) is 11.6. The highest BCUT2D eigenvalue weighted by Gasteiger charge is 2.39. The van der Waals surface area contributed by atoms with E-state index < -0.39 is 0 Å². The van der Waals surface area contributed by atoms with E-state index in [4.69, 9.17) is 5.73 Å². The Morgan fingerprint density at radius 2 is 2.12 bits per heavy atom. The van der Waals surface area contributed by atoms with E-state index in [1.165, 1.54) is 30.4 Å². The van der Waals surface area contributed by atoms with Gasteiger partial charge in [0.2, 0.25) is 0 Å². The number of hydrogen-bond donors (Lipinski definition) is 1. The van der Waals surface area contributed by atoms with Gasteiger partial charge in [-0.1, -0.05) is 29.8 Å². The first-order chi connectivity index (χ1) is 7.66. The summed E-state index contributed by atoms with van der Waals surface area (Å²) in [6.45, 7) is 3.94. The molecule has 0 aromatic heterocycles. The van der Waals surface area contributed by atoms with Crippen molar-refractivity contribution in [3.05, 3.63) is 35.4 Å². The number of nitrogens with two attached hydrogens (primary N) is 1. The summed E-state index contributed by atoms with van der Waals surface area (Å²) in [6.07, 6.45) is 3.84. The summed E-state index contributed by atoms with van der Waals surface area (Å²) in [5.74, 6) is 0. The molecule has 1 aromatic rings. The number of likely N-dealkylation sites (N-methyl/N-ethyl adjacent to an activating group) is 1. The molecule has 2 rings (SSSR count). The SMILES string of the molecule is Cc1cccc(CN(C)C2(CN)CCC2)c1. The molecule has 0 saturated heterocycles. The average molecular weight is 218 g/mol. The molecule has 1 fully saturated rings. The maximum Gasteiger partial charge on any atom is 0.0332 e.